The quantitative estimate of drug-likeness (QED) is 0.534. The standard InChI is InChI=1S/C20H25ClNPS/c1-11(2)15-8-9-23-17(10-15)20-22-14(5)19(24-20)16-7-6-12(3)18(21)13(16)4/h6-11,14,17,19,23H,1-5H3. The predicted molar refractivity (Wildman–Crippen MR) is 112 cm³/mol. The topological polar surface area (TPSA) is 12.4 Å². The molecule has 1 aromatic rings. The molecule has 2 aliphatic rings. The highest BCUT2D eigenvalue weighted by Gasteiger charge is 2.33. The summed E-state index contributed by atoms with van der Waals surface area (Å²) < 4.78 is 0. The van der Waals surface area contributed by atoms with Crippen molar-refractivity contribution < 1.29 is 0 Å². The second-order valence-corrected chi connectivity index (χ2v) is 9.78. The largest absolute Gasteiger partial charge is 0.277 e. The molecule has 0 spiro atoms. The number of hydrogen-bond acceptors (Lipinski definition) is 2. The summed E-state index contributed by atoms with van der Waals surface area (Å²) in [6, 6.07) is 4.67. The molecule has 3 rings (SSSR count). The van der Waals surface area contributed by atoms with E-state index in [0.29, 0.717) is 22.9 Å². The Morgan fingerprint density at radius 1 is 1.25 bits per heavy atom. The van der Waals surface area contributed by atoms with Crippen molar-refractivity contribution in [1.82, 2.24) is 0 Å². The molecule has 24 heavy (non-hydrogen) atoms. The molecule has 0 aromatic heterocycles. The van der Waals surface area contributed by atoms with Gasteiger partial charge >= 0.3 is 0 Å². The molecule has 2 aliphatic heterocycles. The molecule has 0 bridgehead atoms. The summed E-state index contributed by atoms with van der Waals surface area (Å²) in [5.74, 6) is 2.90. The maximum Gasteiger partial charge on any atom is 0.0799 e. The maximum absolute atomic E-state index is 6.48. The first-order valence-electron chi connectivity index (χ1n) is 8.52. The fourth-order valence-electron chi connectivity index (χ4n) is 3.22. The number of halogens is 1. The Kier molecular flexibility index (Phi) is 5.59. The molecule has 0 radical (unpaired) electrons. The van der Waals surface area contributed by atoms with Crippen LogP contribution in [-0.4, -0.2) is 16.7 Å². The summed E-state index contributed by atoms with van der Waals surface area (Å²) in [4.78, 5) is 5.02. The third-order valence-electron chi connectivity index (χ3n) is 4.79. The van der Waals surface area contributed by atoms with Crippen LogP contribution < -0.4 is 0 Å². The van der Waals surface area contributed by atoms with Gasteiger partial charge in [-0.3, -0.25) is 4.99 Å². The fraction of sp³-hybridized carbons (Fsp3) is 0.450. The molecule has 0 aliphatic carbocycles. The zero-order valence-electron chi connectivity index (χ0n) is 14.9. The number of rotatable bonds is 3. The smallest absolute Gasteiger partial charge is 0.0799 e. The Morgan fingerprint density at radius 3 is 2.71 bits per heavy atom. The van der Waals surface area contributed by atoms with Crippen LogP contribution in [0.5, 0.6) is 0 Å². The Labute approximate surface area is 156 Å². The van der Waals surface area contributed by atoms with Gasteiger partial charge in [0.1, 0.15) is 0 Å². The van der Waals surface area contributed by atoms with Crippen LogP contribution >= 0.6 is 31.9 Å². The lowest BCUT2D eigenvalue weighted by Gasteiger charge is -2.20. The van der Waals surface area contributed by atoms with Gasteiger partial charge in [-0.2, -0.15) is 0 Å². The first-order valence-corrected chi connectivity index (χ1v) is 10.9. The van der Waals surface area contributed by atoms with Gasteiger partial charge in [0.2, 0.25) is 0 Å². The van der Waals surface area contributed by atoms with Crippen LogP contribution in [0.2, 0.25) is 5.02 Å². The average Bonchev–Trinajstić information content (AvgIpc) is 2.95. The minimum Gasteiger partial charge on any atom is -0.277 e. The van der Waals surface area contributed by atoms with E-state index in [1.807, 2.05) is 11.8 Å². The molecular weight excluding hydrogens is 353 g/mol. The van der Waals surface area contributed by atoms with Crippen molar-refractivity contribution in [3.8, 4) is 0 Å². The lowest BCUT2D eigenvalue weighted by atomic mass is 9.99. The molecule has 4 heteroatoms. The van der Waals surface area contributed by atoms with E-state index in [9.17, 15) is 0 Å². The lowest BCUT2D eigenvalue weighted by Crippen LogP contribution is -2.11. The Hall–Kier alpha value is -0.560. The van der Waals surface area contributed by atoms with Crippen molar-refractivity contribution in [2.75, 3.05) is 0 Å². The first kappa shape index (κ1) is 18.2. The van der Waals surface area contributed by atoms with Gasteiger partial charge in [0.05, 0.1) is 16.3 Å². The fourth-order valence-corrected chi connectivity index (χ4v) is 6.14. The minimum absolute atomic E-state index is 0.300. The van der Waals surface area contributed by atoms with Crippen LogP contribution in [0.25, 0.3) is 0 Å². The number of thioether (sulfide) groups is 1. The second-order valence-electron chi connectivity index (χ2n) is 6.96. The molecule has 4 atom stereocenters. The molecule has 0 saturated carbocycles. The molecule has 1 aromatic carbocycles. The highest BCUT2D eigenvalue weighted by molar-refractivity contribution is 8.15. The first-order chi connectivity index (χ1) is 11.4. The Balaban J connectivity index is 1.83. The van der Waals surface area contributed by atoms with Gasteiger partial charge in [0.25, 0.3) is 0 Å². The predicted octanol–water partition coefficient (Wildman–Crippen LogP) is 6.69. The molecule has 0 amide bonds. The molecule has 0 saturated heterocycles. The van der Waals surface area contributed by atoms with Crippen LogP contribution in [0.1, 0.15) is 42.7 Å². The number of benzene rings is 1. The zero-order valence-corrected chi connectivity index (χ0v) is 17.5. The highest BCUT2D eigenvalue weighted by atomic mass is 35.5. The van der Waals surface area contributed by atoms with Crippen molar-refractivity contribution in [1.29, 1.82) is 0 Å². The monoisotopic (exact) mass is 377 g/mol. The summed E-state index contributed by atoms with van der Waals surface area (Å²) in [6.07, 6.45) is 4.71. The third-order valence-corrected chi connectivity index (χ3v) is 8.24. The van der Waals surface area contributed by atoms with Gasteiger partial charge in [0, 0.05) is 10.7 Å². The number of aryl methyl sites for hydroxylation is 1. The van der Waals surface area contributed by atoms with E-state index >= 15 is 0 Å². The minimum atomic E-state index is 0.300. The van der Waals surface area contributed by atoms with Crippen molar-refractivity contribution in [3.63, 3.8) is 0 Å². The number of aliphatic imine (C=N–C) groups is 1. The summed E-state index contributed by atoms with van der Waals surface area (Å²) in [7, 11) is 0.801. The van der Waals surface area contributed by atoms with E-state index in [-0.39, 0.29) is 0 Å². The van der Waals surface area contributed by atoms with Gasteiger partial charge in [-0.25, -0.2) is 0 Å². The van der Waals surface area contributed by atoms with Crippen molar-refractivity contribution in [2.45, 2.75) is 51.6 Å². The van der Waals surface area contributed by atoms with Gasteiger partial charge in [-0.1, -0.05) is 75.9 Å². The third kappa shape index (κ3) is 3.52. The molecule has 4 unspecified atom stereocenters. The summed E-state index contributed by atoms with van der Waals surface area (Å²) in [5, 5.41) is 2.58. The second kappa shape index (κ2) is 7.36. The Bertz CT molecular complexity index is 735. The van der Waals surface area contributed by atoms with Crippen molar-refractivity contribution in [3.05, 3.63) is 57.4 Å². The number of nitrogens with zero attached hydrogens (tertiary/aromatic N) is 1. The van der Waals surface area contributed by atoms with E-state index in [2.05, 4.69) is 64.7 Å². The average molecular weight is 378 g/mol. The van der Waals surface area contributed by atoms with E-state index in [4.69, 9.17) is 16.6 Å². The normalized spacial score (nSPS) is 27.7. The highest BCUT2D eigenvalue weighted by Crippen LogP contribution is 2.47. The maximum atomic E-state index is 6.48. The lowest BCUT2D eigenvalue weighted by molar-refractivity contribution is 0.735. The van der Waals surface area contributed by atoms with Crippen molar-refractivity contribution >= 4 is 37.0 Å². The van der Waals surface area contributed by atoms with Gasteiger partial charge < -0.3 is 0 Å². The molecular formula is C20H25ClNPS. The van der Waals surface area contributed by atoms with E-state index in [1.165, 1.54) is 21.7 Å². The SMILES string of the molecule is Cc1ccc(C2SC(C3C=C(C(C)C)C=CP3)=NC2C)c(C)c1Cl. The summed E-state index contributed by atoms with van der Waals surface area (Å²) in [5.41, 5.74) is 5.60. The van der Waals surface area contributed by atoms with Crippen LogP contribution in [-0.2, 0) is 0 Å². The Morgan fingerprint density at radius 2 is 2.00 bits per heavy atom. The van der Waals surface area contributed by atoms with Crippen LogP contribution in [0, 0.1) is 19.8 Å². The molecule has 0 N–H and O–H groups in total. The molecule has 2 heterocycles. The van der Waals surface area contributed by atoms with Crippen LogP contribution in [0.3, 0.4) is 0 Å². The van der Waals surface area contributed by atoms with Crippen molar-refractivity contribution in [2.24, 2.45) is 10.9 Å². The number of hydrogen-bond donors (Lipinski definition) is 0. The van der Waals surface area contributed by atoms with Crippen LogP contribution in [0.15, 0.2) is 40.7 Å². The molecule has 1 nitrogen and oxygen atoms in total. The van der Waals surface area contributed by atoms with Gasteiger partial charge in [-0.15, -0.1) is 0 Å². The van der Waals surface area contributed by atoms with E-state index in [1.54, 1.807) is 0 Å². The van der Waals surface area contributed by atoms with E-state index in [0.717, 1.165) is 19.2 Å². The molecule has 128 valence electrons. The summed E-state index contributed by atoms with van der Waals surface area (Å²) >= 11 is 8.42. The zero-order chi connectivity index (χ0) is 17.4. The van der Waals surface area contributed by atoms with Gasteiger partial charge in [0.15, 0.2) is 0 Å². The summed E-state index contributed by atoms with van der Waals surface area (Å²) in [6.45, 7) is 11.0. The molecule has 0 fully saturated rings. The van der Waals surface area contributed by atoms with Gasteiger partial charge in [-0.05, 0) is 49.0 Å². The van der Waals surface area contributed by atoms with Crippen LogP contribution in [0.4, 0.5) is 0 Å². The van der Waals surface area contributed by atoms with E-state index < -0.39 is 0 Å². The number of allylic oxidation sites excluding steroid dienone is 3.